The Labute approximate surface area is 185 Å². The number of nitrogens with one attached hydrogen (secondary N) is 2. The molecule has 0 radical (unpaired) electrons. The predicted molar refractivity (Wildman–Crippen MR) is 125 cm³/mol. The molecule has 0 aromatic carbocycles. The van der Waals surface area contributed by atoms with Crippen molar-refractivity contribution in [3.8, 4) is 0 Å². The SMILES string of the molecule is CCNC(=NCC1CCCN(C)C1c1cccs1)NCCOCC1CC1.I. The van der Waals surface area contributed by atoms with Crippen molar-refractivity contribution in [3.05, 3.63) is 22.4 Å². The van der Waals surface area contributed by atoms with E-state index in [1.165, 1.54) is 37.1 Å². The zero-order valence-electron chi connectivity index (χ0n) is 16.7. The summed E-state index contributed by atoms with van der Waals surface area (Å²) in [7, 11) is 2.25. The molecule has 27 heavy (non-hydrogen) atoms. The molecule has 0 spiro atoms. The molecule has 1 aliphatic heterocycles. The van der Waals surface area contributed by atoms with Crippen LogP contribution in [0.25, 0.3) is 0 Å². The number of guanidine groups is 1. The van der Waals surface area contributed by atoms with Crippen LogP contribution in [0.2, 0.25) is 0 Å². The Kier molecular flexibility index (Phi) is 10.4. The second kappa shape index (κ2) is 12.2. The van der Waals surface area contributed by atoms with Crippen molar-refractivity contribution in [2.45, 2.75) is 38.6 Å². The van der Waals surface area contributed by atoms with Gasteiger partial charge in [-0.1, -0.05) is 6.07 Å². The summed E-state index contributed by atoms with van der Waals surface area (Å²) >= 11 is 1.87. The van der Waals surface area contributed by atoms with Crippen molar-refractivity contribution >= 4 is 41.3 Å². The summed E-state index contributed by atoms with van der Waals surface area (Å²) in [5, 5.41) is 8.97. The standard InChI is InChI=1S/C20H34N4OS.HI/c1-3-21-20(22-10-12-25-15-16-8-9-16)23-14-17-6-4-11-24(2)19(17)18-7-5-13-26-18;/h5,7,13,16-17,19H,3-4,6,8-12,14-15H2,1-2H3,(H2,21,22,23);1H. The molecule has 2 atom stereocenters. The molecule has 1 aliphatic carbocycles. The quantitative estimate of drug-likeness (QED) is 0.232. The van der Waals surface area contributed by atoms with E-state index in [2.05, 4.69) is 47.0 Å². The highest BCUT2D eigenvalue weighted by Gasteiger charge is 2.31. The molecule has 5 nitrogen and oxygen atoms in total. The number of nitrogens with zero attached hydrogens (tertiary/aromatic N) is 2. The monoisotopic (exact) mass is 506 g/mol. The van der Waals surface area contributed by atoms with Gasteiger partial charge in [0.25, 0.3) is 0 Å². The fourth-order valence-electron chi connectivity index (χ4n) is 3.69. The van der Waals surface area contributed by atoms with Gasteiger partial charge in [0, 0.05) is 37.2 Å². The van der Waals surface area contributed by atoms with Crippen LogP contribution in [0.1, 0.15) is 43.5 Å². The smallest absolute Gasteiger partial charge is 0.191 e. The number of piperidine rings is 1. The Hall–Kier alpha value is -0.380. The van der Waals surface area contributed by atoms with Crippen LogP contribution in [0.4, 0.5) is 0 Å². The minimum absolute atomic E-state index is 0. The van der Waals surface area contributed by atoms with Gasteiger partial charge in [0.2, 0.25) is 0 Å². The second-order valence-electron chi connectivity index (χ2n) is 7.51. The molecule has 0 bridgehead atoms. The molecule has 1 aromatic heterocycles. The summed E-state index contributed by atoms with van der Waals surface area (Å²) in [5.74, 6) is 2.32. The number of halogens is 1. The lowest BCUT2D eigenvalue weighted by Crippen LogP contribution is -2.41. The van der Waals surface area contributed by atoms with E-state index in [0.717, 1.165) is 44.7 Å². The Morgan fingerprint density at radius 2 is 2.19 bits per heavy atom. The average molecular weight is 506 g/mol. The third kappa shape index (κ3) is 7.51. The van der Waals surface area contributed by atoms with Gasteiger partial charge < -0.3 is 15.4 Å². The van der Waals surface area contributed by atoms with Crippen molar-refractivity contribution < 1.29 is 4.74 Å². The van der Waals surface area contributed by atoms with Gasteiger partial charge in [-0.15, -0.1) is 35.3 Å². The first-order chi connectivity index (χ1) is 12.8. The fourth-order valence-corrected chi connectivity index (χ4v) is 4.67. The highest BCUT2D eigenvalue weighted by molar-refractivity contribution is 14.0. The normalized spacial score (nSPS) is 23.7. The van der Waals surface area contributed by atoms with E-state index < -0.39 is 0 Å². The highest BCUT2D eigenvalue weighted by atomic mass is 127. The Bertz CT molecular complexity index is 550. The number of hydrogen-bond donors (Lipinski definition) is 2. The number of rotatable bonds is 9. The van der Waals surface area contributed by atoms with Crippen LogP contribution in [0.15, 0.2) is 22.5 Å². The zero-order valence-corrected chi connectivity index (χ0v) is 19.8. The van der Waals surface area contributed by atoms with E-state index >= 15 is 0 Å². The molecule has 0 amide bonds. The van der Waals surface area contributed by atoms with Gasteiger partial charge in [0.15, 0.2) is 5.96 Å². The van der Waals surface area contributed by atoms with Gasteiger partial charge in [-0.05, 0) is 69.5 Å². The summed E-state index contributed by atoms with van der Waals surface area (Å²) in [6.07, 6.45) is 5.20. The topological polar surface area (TPSA) is 48.9 Å². The maximum atomic E-state index is 5.71. The summed E-state index contributed by atoms with van der Waals surface area (Å²) in [4.78, 5) is 8.87. The Morgan fingerprint density at radius 1 is 1.33 bits per heavy atom. The van der Waals surface area contributed by atoms with Crippen LogP contribution in [0.3, 0.4) is 0 Å². The van der Waals surface area contributed by atoms with Gasteiger partial charge in [-0.2, -0.15) is 0 Å². The summed E-state index contributed by atoms with van der Waals surface area (Å²) in [5.41, 5.74) is 0. The van der Waals surface area contributed by atoms with Crippen LogP contribution in [0.5, 0.6) is 0 Å². The minimum Gasteiger partial charge on any atom is -0.379 e. The molecule has 2 unspecified atom stereocenters. The molecule has 2 fully saturated rings. The Balaban J connectivity index is 0.00000261. The summed E-state index contributed by atoms with van der Waals surface area (Å²) in [6, 6.07) is 4.93. The molecule has 2 aliphatic rings. The number of likely N-dealkylation sites (tertiary alicyclic amines) is 1. The number of aliphatic imine (C=N–C) groups is 1. The first kappa shape index (κ1) is 22.9. The van der Waals surface area contributed by atoms with Gasteiger partial charge in [-0.25, -0.2) is 0 Å². The molecule has 1 saturated carbocycles. The molecule has 7 heteroatoms. The second-order valence-corrected chi connectivity index (χ2v) is 8.49. The minimum atomic E-state index is 0. The van der Waals surface area contributed by atoms with Gasteiger partial charge in [0.05, 0.1) is 6.61 Å². The van der Waals surface area contributed by atoms with E-state index in [9.17, 15) is 0 Å². The van der Waals surface area contributed by atoms with Crippen molar-refractivity contribution in [2.75, 3.05) is 46.4 Å². The lowest BCUT2D eigenvalue weighted by atomic mass is 9.88. The summed E-state index contributed by atoms with van der Waals surface area (Å²) in [6.45, 7) is 7.54. The molecule has 154 valence electrons. The highest BCUT2D eigenvalue weighted by Crippen LogP contribution is 2.37. The molecule has 2 heterocycles. The molecule has 1 aromatic rings. The Morgan fingerprint density at radius 3 is 2.89 bits per heavy atom. The van der Waals surface area contributed by atoms with Gasteiger partial charge in [-0.3, -0.25) is 9.89 Å². The van der Waals surface area contributed by atoms with Crippen LogP contribution >= 0.6 is 35.3 Å². The van der Waals surface area contributed by atoms with Crippen LogP contribution in [0, 0.1) is 11.8 Å². The zero-order chi connectivity index (χ0) is 18.2. The van der Waals surface area contributed by atoms with Gasteiger partial charge >= 0.3 is 0 Å². The van der Waals surface area contributed by atoms with Crippen molar-refractivity contribution in [2.24, 2.45) is 16.8 Å². The number of ether oxygens (including phenoxy) is 1. The third-order valence-corrected chi connectivity index (χ3v) is 6.20. The maximum absolute atomic E-state index is 5.71. The van der Waals surface area contributed by atoms with Crippen LogP contribution in [-0.4, -0.2) is 57.3 Å². The first-order valence-corrected chi connectivity index (χ1v) is 11.0. The van der Waals surface area contributed by atoms with Crippen LogP contribution < -0.4 is 10.6 Å². The third-order valence-electron chi connectivity index (χ3n) is 5.26. The molecular formula is C20H35IN4OS. The average Bonchev–Trinajstić information content (AvgIpc) is 3.31. The van der Waals surface area contributed by atoms with E-state index in [0.29, 0.717) is 12.0 Å². The molecule has 2 N–H and O–H groups in total. The van der Waals surface area contributed by atoms with Crippen LogP contribution in [-0.2, 0) is 4.74 Å². The largest absolute Gasteiger partial charge is 0.379 e. The summed E-state index contributed by atoms with van der Waals surface area (Å²) < 4.78 is 5.71. The first-order valence-electron chi connectivity index (χ1n) is 10.1. The predicted octanol–water partition coefficient (Wildman–Crippen LogP) is 3.73. The number of hydrogen-bond acceptors (Lipinski definition) is 4. The number of thiophene rings is 1. The van der Waals surface area contributed by atoms with Crippen molar-refractivity contribution in [3.63, 3.8) is 0 Å². The lowest BCUT2D eigenvalue weighted by molar-refractivity contribution is 0.127. The van der Waals surface area contributed by atoms with E-state index in [-0.39, 0.29) is 24.0 Å². The fraction of sp³-hybridized carbons (Fsp3) is 0.750. The van der Waals surface area contributed by atoms with E-state index in [1.807, 2.05) is 11.3 Å². The van der Waals surface area contributed by atoms with E-state index in [4.69, 9.17) is 9.73 Å². The molecular weight excluding hydrogens is 471 g/mol. The maximum Gasteiger partial charge on any atom is 0.191 e. The van der Waals surface area contributed by atoms with E-state index in [1.54, 1.807) is 0 Å². The van der Waals surface area contributed by atoms with Crippen molar-refractivity contribution in [1.29, 1.82) is 0 Å². The van der Waals surface area contributed by atoms with Gasteiger partial charge in [0.1, 0.15) is 0 Å². The lowest BCUT2D eigenvalue weighted by Gasteiger charge is -2.38. The molecule has 3 rings (SSSR count). The molecule has 1 saturated heterocycles. The van der Waals surface area contributed by atoms with Crippen molar-refractivity contribution in [1.82, 2.24) is 15.5 Å².